The molecule has 1 aliphatic carbocycles. The molecule has 0 radical (unpaired) electrons. The van der Waals surface area contributed by atoms with Gasteiger partial charge in [0, 0.05) is 10.4 Å². The second-order valence-corrected chi connectivity index (χ2v) is 9.27. The number of rotatable bonds is 7. The van der Waals surface area contributed by atoms with Crippen molar-refractivity contribution in [1.29, 1.82) is 0 Å². The quantitative estimate of drug-likeness (QED) is 0.256. The number of thiophene rings is 1. The highest BCUT2D eigenvalue weighted by molar-refractivity contribution is 7.16. The van der Waals surface area contributed by atoms with Gasteiger partial charge in [-0.15, -0.1) is 11.3 Å². The zero-order valence-corrected chi connectivity index (χ0v) is 20.0. The number of ether oxygens (including phenoxy) is 1. The highest BCUT2D eigenvalue weighted by Gasteiger charge is 2.25. The van der Waals surface area contributed by atoms with Gasteiger partial charge < -0.3 is 18.9 Å². The Labute approximate surface area is 206 Å². The Hall–Kier alpha value is -3.91. The molecule has 0 spiro atoms. The normalized spacial score (nSPS) is 13.1. The summed E-state index contributed by atoms with van der Waals surface area (Å²) in [5, 5.41) is 3.65. The average Bonchev–Trinajstić information content (AvgIpc) is 3.65. The molecule has 0 aliphatic heterocycles. The third-order valence-corrected chi connectivity index (χ3v) is 7.11. The molecule has 1 aromatic carbocycles. The van der Waals surface area contributed by atoms with Crippen LogP contribution in [0.1, 0.15) is 55.5 Å². The molecule has 3 aromatic heterocycles. The molecule has 5 rings (SSSR count). The lowest BCUT2D eigenvalue weighted by Crippen LogP contribution is -2.23. The minimum Gasteiger partial charge on any atom is -0.467 e. The van der Waals surface area contributed by atoms with Gasteiger partial charge in [0.15, 0.2) is 0 Å². The molecule has 1 amide bonds. The van der Waals surface area contributed by atoms with Gasteiger partial charge in [-0.3, -0.25) is 4.79 Å². The number of furan rings is 2. The lowest BCUT2D eigenvalue weighted by Gasteiger charge is -2.12. The molecule has 0 atom stereocenters. The number of methoxy groups -OCH3 is 1. The number of benzene rings is 1. The fourth-order valence-corrected chi connectivity index (χ4v) is 5.36. The number of fused-ring (bicyclic) bond motifs is 1. The minimum absolute atomic E-state index is 0.140. The van der Waals surface area contributed by atoms with Crippen molar-refractivity contribution in [3.05, 3.63) is 87.9 Å². The lowest BCUT2D eigenvalue weighted by molar-refractivity contribution is 0.0600. The van der Waals surface area contributed by atoms with Crippen LogP contribution in [0.3, 0.4) is 0 Å². The summed E-state index contributed by atoms with van der Waals surface area (Å²) < 4.78 is 16.0. The van der Waals surface area contributed by atoms with Crippen LogP contribution in [0, 0.1) is 0 Å². The molecule has 1 N–H and O–H groups in total. The van der Waals surface area contributed by atoms with E-state index in [1.165, 1.54) is 12.0 Å². The number of hydrogen-bond acceptors (Lipinski definition) is 7. The van der Waals surface area contributed by atoms with Crippen LogP contribution in [-0.2, 0) is 24.1 Å². The van der Waals surface area contributed by atoms with Crippen LogP contribution in [0.25, 0.3) is 11.3 Å². The summed E-state index contributed by atoms with van der Waals surface area (Å²) in [4.78, 5) is 30.6. The first-order chi connectivity index (χ1) is 17.1. The fraction of sp³-hybridized carbons (Fsp3) is 0.222. The summed E-state index contributed by atoms with van der Waals surface area (Å²) in [5.41, 5.74) is 3.07. The Morgan fingerprint density at radius 3 is 2.71 bits per heavy atom. The Kier molecular flexibility index (Phi) is 6.63. The molecule has 7 nitrogen and oxygen atoms in total. The molecule has 178 valence electrons. The number of aliphatic imine (C=N–C) groups is 1. The van der Waals surface area contributed by atoms with Crippen LogP contribution in [0.2, 0.25) is 0 Å². The first kappa shape index (κ1) is 22.9. The molecule has 4 aromatic rings. The SMILES string of the molecule is COC(=O)c1ccc(-c2ccc(C=Nc3sc4c(c3C(=O)NCc3ccco3)CCCC4)o2)cc1. The molecule has 0 unspecified atom stereocenters. The van der Waals surface area contributed by atoms with Gasteiger partial charge in [-0.2, -0.15) is 0 Å². The van der Waals surface area contributed by atoms with E-state index in [-0.39, 0.29) is 11.9 Å². The summed E-state index contributed by atoms with van der Waals surface area (Å²) in [5.74, 6) is 1.41. The van der Waals surface area contributed by atoms with E-state index in [1.54, 1.807) is 54.1 Å². The summed E-state index contributed by atoms with van der Waals surface area (Å²) in [6, 6.07) is 14.3. The Morgan fingerprint density at radius 1 is 1.11 bits per heavy atom. The number of nitrogens with one attached hydrogen (secondary N) is 1. The summed E-state index contributed by atoms with van der Waals surface area (Å²) in [6.45, 7) is 0.329. The van der Waals surface area contributed by atoms with Crippen molar-refractivity contribution in [2.75, 3.05) is 7.11 Å². The number of esters is 1. The van der Waals surface area contributed by atoms with Crippen molar-refractivity contribution in [2.24, 2.45) is 4.99 Å². The molecular weight excluding hydrogens is 464 g/mol. The highest BCUT2D eigenvalue weighted by atomic mass is 32.1. The standard InChI is InChI=1S/C27H24N2O5S/c1-32-27(31)18-10-8-17(9-11-18)22-13-12-20(34-22)16-29-26-24(21-6-2-3-7-23(21)35-26)25(30)28-15-19-5-4-14-33-19/h4-5,8-14,16H,2-3,6-7,15H2,1H3,(H,28,30). The molecule has 0 fully saturated rings. The van der Waals surface area contributed by atoms with Crippen molar-refractivity contribution in [3.8, 4) is 11.3 Å². The van der Waals surface area contributed by atoms with Gasteiger partial charge in [-0.25, -0.2) is 9.79 Å². The summed E-state index contributed by atoms with van der Waals surface area (Å²) in [7, 11) is 1.35. The van der Waals surface area contributed by atoms with Crippen molar-refractivity contribution in [1.82, 2.24) is 5.32 Å². The largest absolute Gasteiger partial charge is 0.467 e. The second-order valence-electron chi connectivity index (χ2n) is 8.18. The van der Waals surface area contributed by atoms with Crippen molar-refractivity contribution >= 4 is 34.4 Å². The topological polar surface area (TPSA) is 94.0 Å². The number of aryl methyl sites for hydroxylation is 1. The van der Waals surface area contributed by atoms with Gasteiger partial charge in [-0.05, 0) is 67.6 Å². The number of carbonyl (C=O) groups is 2. The van der Waals surface area contributed by atoms with Gasteiger partial charge in [0.25, 0.3) is 5.91 Å². The predicted octanol–water partition coefficient (Wildman–Crippen LogP) is 5.95. The van der Waals surface area contributed by atoms with E-state index in [0.29, 0.717) is 40.0 Å². The van der Waals surface area contributed by atoms with Crippen LogP contribution in [0.5, 0.6) is 0 Å². The van der Waals surface area contributed by atoms with Gasteiger partial charge in [-0.1, -0.05) is 12.1 Å². The van der Waals surface area contributed by atoms with E-state index >= 15 is 0 Å². The van der Waals surface area contributed by atoms with Crippen LogP contribution in [0.15, 0.2) is 68.6 Å². The third-order valence-electron chi connectivity index (χ3n) is 5.91. The molecule has 0 saturated carbocycles. The third kappa shape index (κ3) is 4.97. The molecule has 0 saturated heterocycles. The molecule has 1 aliphatic rings. The minimum atomic E-state index is -0.383. The molecular formula is C27H24N2O5S. The lowest BCUT2D eigenvalue weighted by atomic mass is 9.95. The van der Waals surface area contributed by atoms with Crippen molar-refractivity contribution in [2.45, 2.75) is 32.2 Å². The maximum Gasteiger partial charge on any atom is 0.337 e. The number of nitrogens with zero attached hydrogens (tertiary/aromatic N) is 1. The van der Waals surface area contributed by atoms with E-state index in [1.807, 2.05) is 18.2 Å². The van der Waals surface area contributed by atoms with Crippen molar-refractivity contribution in [3.63, 3.8) is 0 Å². The predicted molar refractivity (Wildman–Crippen MR) is 134 cm³/mol. The number of amides is 1. The first-order valence-corrected chi connectivity index (χ1v) is 12.2. The fourth-order valence-electron chi connectivity index (χ4n) is 4.13. The maximum absolute atomic E-state index is 13.1. The first-order valence-electron chi connectivity index (χ1n) is 11.4. The Morgan fingerprint density at radius 2 is 1.94 bits per heavy atom. The molecule has 35 heavy (non-hydrogen) atoms. The molecule has 8 heteroatoms. The molecule has 0 bridgehead atoms. The second kappa shape index (κ2) is 10.1. The van der Waals surface area contributed by atoms with Gasteiger partial charge in [0.2, 0.25) is 0 Å². The Balaban J connectivity index is 1.36. The van der Waals surface area contributed by atoms with Crippen LogP contribution in [0.4, 0.5) is 5.00 Å². The van der Waals surface area contributed by atoms with Crippen LogP contribution in [-0.4, -0.2) is 25.2 Å². The van der Waals surface area contributed by atoms with Crippen molar-refractivity contribution < 1.29 is 23.2 Å². The van der Waals surface area contributed by atoms with E-state index in [9.17, 15) is 9.59 Å². The maximum atomic E-state index is 13.1. The van der Waals surface area contributed by atoms with E-state index in [2.05, 4.69) is 10.3 Å². The van der Waals surface area contributed by atoms with Gasteiger partial charge in [0.1, 0.15) is 22.3 Å². The highest BCUT2D eigenvalue weighted by Crippen LogP contribution is 2.40. The zero-order valence-electron chi connectivity index (χ0n) is 19.2. The van der Waals surface area contributed by atoms with E-state index in [4.69, 9.17) is 13.6 Å². The summed E-state index contributed by atoms with van der Waals surface area (Å²) >= 11 is 1.57. The molecule has 3 heterocycles. The number of hydrogen-bond donors (Lipinski definition) is 1. The van der Waals surface area contributed by atoms with Crippen LogP contribution >= 0.6 is 11.3 Å². The van der Waals surface area contributed by atoms with Gasteiger partial charge in [0.05, 0.1) is 37.3 Å². The van der Waals surface area contributed by atoms with E-state index in [0.717, 1.165) is 36.8 Å². The monoisotopic (exact) mass is 488 g/mol. The zero-order chi connectivity index (χ0) is 24.2. The smallest absolute Gasteiger partial charge is 0.337 e. The number of carbonyl (C=O) groups excluding carboxylic acids is 2. The van der Waals surface area contributed by atoms with E-state index < -0.39 is 0 Å². The summed E-state index contributed by atoms with van der Waals surface area (Å²) in [6.07, 6.45) is 7.29. The van der Waals surface area contributed by atoms with Gasteiger partial charge >= 0.3 is 5.97 Å². The Bertz CT molecular complexity index is 1360. The van der Waals surface area contributed by atoms with Crippen LogP contribution < -0.4 is 5.32 Å². The average molecular weight is 489 g/mol.